The molecule has 1 rings (SSSR count). The molecule has 0 fully saturated rings. The van der Waals surface area contributed by atoms with Crippen LogP contribution in [0.4, 0.5) is 0 Å². The average Bonchev–Trinajstić information content (AvgIpc) is 2.37. The van der Waals surface area contributed by atoms with Gasteiger partial charge in [-0.1, -0.05) is 0 Å². The number of aromatic nitrogens is 2. The number of hydrogen-bond donors (Lipinski definition) is 1. The summed E-state index contributed by atoms with van der Waals surface area (Å²) in [6, 6.07) is 0. The number of methoxy groups -OCH3 is 1. The molecule has 0 radical (unpaired) electrons. The van der Waals surface area contributed by atoms with Gasteiger partial charge in [0.05, 0.1) is 26.0 Å². The van der Waals surface area contributed by atoms with Gasteiger partial charge in [0.25, 0.3) is 0 Å². The largest absolute Gasteiger partial charge is 0.493 e. The highest BCUT2D eigenvalue weighted by molar-refractivity contribution is 5.10. The second-order valence-electron chi connectivity index (χ2n) is 1.93. The van der Waals surface area contributed by atoms with Crippen LogP contribution in [0.1, 0.15) is 0 Å². The molecule has 0 aliphatic rings. The second kappa shape index (κ2) is 3.22. The minimum Gasteiger partial charge on any atom is -0.493 e. The average molecular weight is 141 g/mol. The van der Waals surface area contributed by atoms with Crippen LogP contribution in [0.15, 0.2) is 12.4 Å². The molecule has 1 aromatic heterocycles. The van der Waals surface area contributed by atoms with Gasteiger partial charge < -0.3 is 10.5 Å². The Morgan fingerprint density at radius 1 is 1.80 bits per heavy atom. The van der Waals surface area contributed by atoms with Crippen LogP contribution in [-0.2, 0) is 6.54 Å². The molecule has 10 heavy (non-hydrogen) atoms. The maximum atomic E-state index is 5.31. The first-order valence-electron chi connectivity index (χ1n) is 3.13. The lowest BCUT2D eigenvalue weighted by Gasteiger charge is -1.94. The molecule has 0 saturated heterocycles. The zero-order valence-electron chi connectivity index (χ0n) is 5.95. The number of hydrogen-bond acceptors (Lipinski definition) is 3. The number of nitrogens with zero attached hydrogens (tertiary/aromatic N) is 2. The van der Waals surface area contributed by atoms with Crippen LogP contribution in [0.2, 0.25) is 0 Å². The summed E-state index contributed by atoms with van der Waals surface area (Å²) in [5.74, 6) is 0.772. The van der Waals surface area contributed by atoms with Crippen molar-refractivity contribution in [2.75, 3.05) is 13.7 Å². The van der Waals surface area contributed by atoms with Crippen LogP contribution in [0.25, 0.3) is 0 Å². The van der Waals surface area contributed by atoms with Crippen molar-refractivity contribution < 1.29 is 4.74 Å². The fraction of sp³-hybridized carbons (Fsp3) is 0.500. The Hall–Kier alpha value is -1.03. The molecule has 0 aliphatic heterocycles. The first kappa shape index (κ1) is 7.08. The topological polar surface area (TPSA) is 53.1 Å². The molecule has 4 nitrogen and oxygen atoms in total. The highest BCUT2D eigenvalue weighted by Crippen LogP contribution is 2.05. The van der Waals surface area contributed by atoms with Crippen molar-refractivity contribution in [1.82, 2.24) is 9.78 Å². The van der Waals surface area contributed by atoms with E-state index in [0.29, 0.717) is 6.54 Å². The summed E-state index contributed by atoms with van der Waals surface area (Å²) in [5.41, 5.74) is 5.31. The van der Waals surface area contributed by atoms with Gasteiger partial charge in [0.1, 0.15) is 0 Å². The monoisotopic (exact) mass is 141 g/mol. The van der Waals surface area contributed by atoms with E-state index < -0.39 is 0 Å². The van der Waals surface area contributed by atoms with E-state index in [1.54, 1.807) is 18.0 Å². The molecule has 0 aromatic carbocycles. The Balaban J connectivity index is 2.59. The Labute approximate surface area is 59.6 Å². The number of rotatable bonds is 3. The minimum absolute atomic E-state index is 0.602. The van der Waals surface area contributed by atoms with Gasteiger partial charge in [-0.2, -0.15) is 5.10 Å². The number of ether oxygens (including phenoxy) is 1. The first-order valence-corrected chi connectivity index (χ1v) is 3.13. The van der Waals surface area contributed by atoms with Crippen molar-refractivity contribution in [1.29, 1.82) is 0 Å². The zero-order chi connectivity index (χ0) is 7.40. The normalized spacial score (nSPS) is 9.80. The van der Waals surface area contributed by atoms with Gasteiger partial charge in [0, 0.05) is 6.54 Å². The van der Waals surface area contributed by atoms with Gasteiger partial charge >= 0.3 is 0 Å². The fourth-order valence-corrected chi connectivity index (χ4v) is 0.705. The van der Waals surface area contributed by atoms with E-state index in [-0.39, 0.29) is 0 Å². The summed E-state index contributed by atoms with van der Waals surface area (Å²) in [4.78, 5) is 0. The third kappa shape index (κ3) is 1.48. The van der Waals surface area contributed by atoms with Crippen molar-refractivity contribution in [2.45, 2.75) is 6.54 Å². The molecular formula is C6H11N3O. The Morgan fingerprint density at radius 2 is 2.60 bits per heavy atom. The molecule has 1 aromatic rings. The van der Waals surface area contributed by atoms with Crippen LogP contribution in [0.3, 0.4) is 0 Å². The van der Waals surface area contributed by atoms with Gasteiger partial charge in [0.15, 0.2) is 5.75 Å². The molecular weight excluding hydrogens is 130 g/mol. The van der Waals surface area contributed by atoms with Gasteiger partial charge in [-0.25, -0.2) is 0 Å². The van der Waals surface area contributed by atoms with Gasteiger partial charge in [-0.05, 0) is 0 Å². The smallest absolute Gasteiger partial charge is 0.156 e. The van der Waals surface area contributed by atoms with E-state index in [1.807, 2.05) is 6.20 Å². The molecule has 2 N–H and O–H groups in total. The summed E-state index contributed by atoms with van der Waals surface area (Å²) >= 11 is 0. The Bertz CT molecular complexity index is 197. The van der Waals surface area contributed by atoms with E-state index >= 15 is 0 Å². The lowest BCUT2D eigenvalue weighted by atomic mass is 10.6. The van der Waals surface area contributed by atoms with Crippen molar-refractivity contribution >= 4 is 0 Å². The van der Waals surface area contributed by atoms with Crippen LogP contribution in [-0.4, -0.2) is 23.4 Å². The van der Waals surface area contributed by atoms with E-state index in [2.05, 4.69) is 5.10 Å². The Kier molecular flexibility index (Phi) is 2.28. The first-order chi connectivity index (χ1) is 4.86. The minimum atomic E-state index is 0.602. The van der Waals surface area contributed by atoms with Gasteiger partial charge in [-0.15, -0.1) is 0 Å². The SMILES string of the molecule is COc1cnn(CCN)c1. The van der Waals surface area contributed by atoms with Crippen LogP contribution in [0, 0.1) is 0 Å². The summed E-state index contributed by atoms with van der Waals surface area (Å²) in [7, 11) is 1.61. The van der Waals surface area contributed by atoms with Gasteiger partial charge in [-0.3, -0.25) is 4.68 Å². The van der Waals surface area contributed by atoms with Gasteiger partial charge in [0.2, 0.25) is 0 Å². The quantitative estimate of drug-likeness (QED) is 0.637. The lowest BCUT2D eigenvalue weighted by molar-refractivity contribution is 0.414. The molecule has 1 heterocycles. The standard InChI is InChI=1S/C6H11N3O/c1-10-6-4-8-9(5-6)3-2-7/h4-5H,2-3,7H2,1H3. The van der Waals surface area contributed by atoms with Crippen LogP contribution in [0.5, 0.6) is 5.75 Å². The third-order valence-corrected chi connectivity index (χ3v) is 1.20. The van der Waals surface area contributed by atoms with E-state index in [4.69, 9.17) is 10.5 Å². The lowest BCUT2D eigenvalue weighted by Crippen LogP contribution is -2.09. The summed E-state index contributed by atoms with van der Waals surface area (Å²) < 4.78 is 6.67. The predicted molar refractivity (Wildman–Crippen MR) is 37.8 cm³/mol. The molecule has 0 spiro atoms. The molecule has 4 heteroatoms. The van der Waals surface area contributed by atoms with Crippen LogP contribution >= 0.6 is 0 Å². The van der Waals surface area contributed by atoms with Crippen molar-refractivity contribution in [3.05, 3.63) is 12.4 Å². The third-order valence-electron chi connectivity index (χ3n) is 1.20. The zero-order valence-corrected chi connectivity index (χ0v) is 5.95. The summed E-state index contributed by atoms with van der Waals surface area (Å²) in [6.07, 6.45) is 3.47. The van der Waals surface area contributed by atoms with E-state index in [1.165, 1.54) is 0 Å². The van der Waals surface area contributed by atoms with Crippen molar-refractivity contribution in [3.8, 4) is 5.75 Å². The highest BCUT2D eigenvalue weighted by atomic mass is 16.5. The molecule has 0 unspecified atom stereocenters. The predicted octanol–water partition coefficient (Wildman–Crippen LogP) is -0.150. The van der Waals surface area contributed by atoms with E-state index in [0.717, 1.165) is 12.3 Å². The van der Waals surface area contributed by atoms with E-state index in [9.17, 15) is 0 Å². The maximum Gasteiger partial charge on any atom is 0.156 e. The summed E-state index contributed by atoms with van der Waals surface area (Å²) in [6.45, 7) is 1.34. The molecule has 0 saturated carbocycles. The fourth-order valence-electron chi connectivity index (χ4n) is 0.705. The van der Waals surface area contributed by atoms with Crippen molar-refractivity contribution in [3.63, 3.8) is 0 Å². The summed E-state index contributed by atoms with van der Waals surface area (Å²) in [5, 5.41) is 3.99. The number of nitrogens with two attached hydrogens (primary N) is 1. The second-order valence-corrected chi connectivity index (χ2v) is 1.93. The molecule has 0 bridgehead atoms. The maximum absolute atomic E-state index is 5.31. The highest BCUT2D eigenvalue weighted by Gasteiger charge is 1.94. The van der Waals surface area contributed by atoms with Crippen molar-refractivity contribution in [2.24, 2.45) is 5.73 Å². The Morgan fingerprint density at radius 3 is 3.10 bits per heavy atom. The van der Waals surface area contributed by atoms with Crippen LogP contribution < -0.4 is 10.5 Å². The molecule has 56 valence electrons. The molecule has 0 atom stereocenters. The molecule has 0 aliphatic carbocycles. The molecule has 0 amide bonds.